The van der Waals surface area contributed by atoms with Crippen molar-refractivity contribution in [1.82, 2.24) is 15.5 Å². The number of hydrogen-bond acceptors (Lipinski definition) is 2. The van der Waals surface area contributed by atoms with E-state index in [0.29, 0.717) is 12.1 Å². The van der Waals surface area contributed by atoms with Gasteiger partial charge in [0.1, 0.15) is 0 Å². The number of guanidine groups is 1. The summed E-state index contributed by atoms with van der Waals surface area (Å²) in [5.41, 5.74) is 0. The summed E-state index contributed by atoms with van der Waals surface area (Å²) in [6.45, 7) is 10.9. The Kier molecular flexibility index (Phi) is 7.13. The first-order valence-electron chi connectivity index (χ1n) is 5.67. The van der Waals surface area contributed by atoms with Crippen molar-refractivity contribution in [2.45, 2.75) is 39.8 Å². The highest BCUT2D eigenvalue weighted by Gasteiger charge is 2.12. The van der Waals surface area contributed by atoms with E-state index in [1.54, 1.807) is 7.05 Å². The minimum Gasteiger partial charge on any atom is -0.359 e. The first-order valence-corrected chi connectivity index (χ1v) is 5.67. The van der Waals surface area contributed by atoms with Crippen LogP contribution in [0.15, 0.2) is 4.99 Å². The number of nitrogens with zero attached hydrogens (tertiary/aromatic N) is 2. The molecule has 4 nitrogen and oxygen atoms in total. The van der Waals surface area contributed by atoms with E-state index in [9.17, 15) is 0 Å². The van der Waals surface area contributed by atoms with E-state index in [-0.39, 0.29) is 0 Å². The van der Waals surface area contributed by atoms with E-state index in [2.05, 4.69) is 48.2 Å². The molecule has 0 fully saturated rings. The summed E-state index contributed by atoms with van der Waals surface area (Å²) in [6.07, 6.45) is 0. The summed E-state index contributed by atoms with van der Waals surface area (Å²) in [4.78, 5) is 6.52. The van der Waals surface area contributed by atoms with Crippen LogP contribution in [0.3, 0.4) is 0 Å². The third-order valence-corrected chi connectivity index (χ3v) is 2.45. The molecule has 0 aliphatic heterocycles. The van der Waals surface area contributed by atoms with E-state index in [1.165, 1.54) is 0 Å². The number of aliphatic imine (C=N–C) groups is 1. The molecule has 0 aromatic rings. The van der Waals surface area contributed by atoms with Crippen molar-refractivity contribution >= 4 is 5.96 Å². The summed E-state index contributed by atoms with van der Waals surface area (Å²) >= 11 is 0. The van der Waals surface area contributed by atoms with Crippen LogP contribution in [0.25, 0.3) is 0 Å². The summed E-state index contributed by atoms with van der Waals surface area (Å²) in [5.74, 6) is 0.850. The Morgan fingerprint density at radius 2 is 1.73 bits per heavy atom. The van der Waals surface area contributed by atoms with E-state index >= 15 is 0 Å². The molecule has 15 heavy (non-hydrogen) atoms. The van der Waals surface area contributed by atoms with Gasteiger partial charge in [0.15, 0.2) is 5.96 Å². The maximum absolute atomic E-state index is 4.07. The normalized spacial score (nSPS) is 12.7. The molecule has 0 aromatic heterocycles. The van der Waals surface area contributed by atoms with Gasteiger partial charge in [0.05, 0.1) is 0 Å². The fraction of sp³-hybridized carbons (Fsp3) is 0.909. The topological polar surface area (TPSA) is 39.7 Å². The Balaban J connectivity index is 3.91. The van der Waals surface area contributed by atoms with Crippen molar-refractivity contribution < 1.29 is 0 Å². The highest BCUT2D eigenvalue weighted by atomic mass is 15.2. The Bertz CT molecular complexity index is 179. The molecular formula is C11H26N4. The molecule has 0 atom stereocenters. The summed E-state index contributed by atoms with van der Waals surface area (Å²) in [6, 6.07) is 1.17. The molecule has 0 aliphatic rings. The minimum absolute atomic E-state index is 0.586. The second-order valence-corrected chi connectivity index (χ2v) is 4.17. The van der Waals surface area contributed by atoms with Crippen molar-refractivity contribution in [3.8, 4) is 0 Å². The SMILES string of the molecule is CN=C(NC)NCCN(C(C)C)C(C)C. The highest BCUT2D eigenvalue weighted by Crippen LogP contribution is 2.02. The van der Waals surface area contributed by atoms with E-state index in [1.807, 2.05) is 7.05 Å². The van der Waals surface area contributed by atoms with Crippen molar-refractivity contribution in [1.29, 1.82) is 0 Å². The molecule has 0 aromatic carbocycles. The molecule has 2 N–H and O–H groups in total. The lowest BCUT2D eigenvalue weighted by Crippen LogP contribution is -2.44. The molecule has 4 heteroatoms. The van der Waals surface area contributed by atoms with Crippen LogP contribution < -0.4 is 10.6 Å². The molecule has 0 rings (SSSR count). The molecule has 0 heterocycles. The molecule has 0 bridgehead atoms. The van der Waals surface area contributed by atoms with Gasteiger partial charge in [-0.25, -0.2) is 0 Å². The van der Waals surface area contributed by atoms with Gasteiger partial charge in [-0.1, -0.05) is 0 Å². The molecule has 0 unspecified atom stereocenters. The quantitative estimate of drug-likeness (QED) is 0.528. The number of nitrogens with one attached hydrogen (secondary N) is 2. The van der Waals surface area contributed by atoms with Crippen molar-refractivity contribution in [2.75, 3.05) is 27.2 Å². The fourth-order valence-corrected chi connectivity index (χ4v) is 1.70. The average Bonchev–Trinajstić information content (AvgIpc) is 2.17. The van der Waals surface area contributed by atoms with Crippen LogP contribution in [-0.4, -0.2) is 50.1 Å². The van der Waals surface area contributed by atoms with Crippen LogP contribution in [0.2, 0.25) is 0 Å². The third-order valence-electron chi connectivity index (χ3n) is 2.45. The van der Waals surface area contributed by atoms with Crippen molar-refractivity contribution in [2.24, 2.45) is 4.99 Å². The lowest BCUT2D eigenvalue weighted by Gasteiger charge is -2.30. The van der Waals surface area contributed by atoms with Crippen LogP contribution in [0, 0.1) is 0 Å². The molecule has 90 valence electrons. The zero-order valence-corrected chi connectivity index (χ0v) is 11.0. The summed E-state index contributed by atoms with van der Waals surface area (Å²) in [5, 5.41) is 6.26. The zero-order chi connectivity index (χ0) is 11.8. The number of hydrogen-bond donors (Lipinski definition) is 2. The zero-order valence-electron chi connectivity index (χ0n) is 11.0. The van der Waals surface area contributed by atoms with Crippen LogP contribution in [0.1, 0.15) is 27.7 Å². The Morgan fingerprint density at radius 3 is 2.07 bits per heavy atom. The van der Waals surface area contributed by atoms with Gasteiger partial charge in [-0.05, 0) is 27.7 Å². The van der Waals surface area contributed by atoms with Gasteiger partial charge in [0, 0.05) is 39.3 Å². The third kappa shape index (κ3) is 5.62. The summed E-state index contributed by atoms with van der Waals surface area (Å²) in [7, 11) is 3.65. The Labute approximate surface area is 94.1 Å². The average molecular weight is 214 g/mol. The molecule has 0 saturated heterocycles. The molecule has 0 radical (unpaired) electrons. The molecule has 0 spiro atoms. The second-order valence-electron chi connectivity index (χ2n) is 4.17. The van der Waals surface area contributed by atoms with Gasteiger partial charge in [-0.15, -0.1) is 0 Å². The molecule has 0 saturated carbocycles. The van der Waals surface area contributed by atoms with Crippen LogP contribution in [-0.2, 0) is 0 Å². The van der Waals surface area contributed by atoms with E-state index < -0.39 is 0 Å². The lowest BCUT2D eigenvalue weighted by atomic mass is 10.2. The van der Waals surface area contributed by atoms with Gasteiger partial charge < -0.3 is 10.6 Å². The van der Waals surface area contributed by atoms with Crippen molar-refractivity contribution in [3.05, 3.63) is 0 Å². The maximum atomic E-state index is 4.07. The highest BCUT2D eigenvalue weighted by molar-refractivity contribution is 5.79. The van der Waals surface area contributed by atoms with Gasteiger partial charge in [-0.3, -0.25) is 9.89 Å². The lowest BCUT2D eigenvalue weighted by molar-refractivity contribution is 0.178. The number of rotatable bonds is 5. The van der Waals surface area contributed by atoms with Crippen molar-refractivity contribution in [3.63, 3.8) is 0 Å². The summed E-state index contributed by atoms with van der Waals surface area (Å²) < 4.78 is 0. The minimum atomic E-state index is 0.586. The monoisotopic (exact) mass is 214 g/mol. The van der Waals surface area contributed by atoms with Gasteiger partial charge in [0.25, 0.3) is 0 Å². The Morgan fingerprint density at radius 1 is 1.20 bits per heavy atom. The van der Waals surface area contributed by atoms with Crippen LogP contribution >= 0.6 is 0 Å². The van der Waals surface area contributed by atoms with Gasteiger partial charge in [0.2, 0.25) is 0 Å². The Hall–Kier alpha value is -0.770. The van der Waals surface area contributed by atoms with Gasteiger partial charge >= 0.3 is 0 Å². The van der Waals surface area contributed by atoms with Gasteiger partial charge in [-0.2, -0.15) is 0 Å². The van der Waals surface area contributed by atoms with Crippen LogP contribution in [0.5, 0.6) is 0 Å². The van der Waals surface area contributed by atoms with E-state index in [0.717, 1.165) is 19.0 Å². The molecule has 0 aliphatic carbocycles. The van der Waals surface area contributed by atoms with E-state index in [4.69, 9.17) is 0 Å². The first-order chi connectivity index (χ1) is 7.02. The first kappa shape index (κ1) is 14.2. The standard InChI is InChI=1S/C11H26N4/c1-9(2)15(10(3)4)8-7-14-11(12-5)13-6/h9-10H,7-8H2,1-6H3,(H2,12,13,14). The molecule has 0 amide bonds. The second kappa shape index (κ2) is 7.51. The van der Waals surface area contributed by atoms with Crippen LogP contribution in [0.4, 0.5) is 0 Å². The maximum Gasteiger partial charge on any atom is 0.190 e. The fourth-order valence-electron chi connectivity index (χ4n) is 1.70. The largest absolute Gasteiger partial charge is 0.359 e. The molecular weight excluding hydrogens is 188 g/mol. The predicted molar refractivity (Wildman–Crippen MR) is 67.4 cm³/mol. The predicted octanol–water partition coefficient (Wildman–Crippen LogP) is 0.900. The smallest absolute Gasteiger partial charge is 0.190 e.